The summed E-state index contributed by atoms with van der Waals surface area (Å²) in [4.78, 5) is 0. The molecular weight excluding hydrogens is 518 g/mol. The van der Waals surface area contributed by atoms with E-state index in [2.05, 4.69) is 187 Å². The van der Waals surface area contributed by atoms with Crippen LogP contribution in [-0.2, 0) is 6.54 Å². The summed E-state index contributed by atoms with van der Waals surface area (Å²) in [5, 5.41) is 0. The van der Waals surface area contributed by atoms with Crippen molar-refractivity contribution in [3.8, 4) is 55.9 Å². The monoisotopic (exact) mass is 550 g/mol. The molecule has 1 aromatic heterocycles. The van der Waals surface area contributed by atoms with Crippen molar-refractivity contribution in [2.75, 3.05) is 0 Å². The van der Waals surface area contributed by atoms with Crippen LogP contribution in [0.5, 0.6) is 0 Å². The smallest absolute Gasteiger partial charge is 0.186 e. The lowest BCUT2D eigenvalue weighted by molar-refractivity contribution is -0.665. The molecule has 0 N–H and O–H groups in total. The number of hydrogen-bond donors (Lipinski definition) is 0. The van der Waals surface area contributed by atoms with E-state index in [4.69, 9.17) is 0 Å². The molecule has 0 fully saturated rings. The molecule has 0 amide bonds. The first kappa shape index (κ1) is 26.4. The summed E-state index contributed by atoms with van der Waals surface area (Å²) in [5.41, 5.74) is 13.3. The maximum Gasteiger partial charge on any atom is 0.221 e. The van der Waals surface area contributed by atoms with E-state index in [0.717, 1.165) is 6.54 Å². The predicted octanol–water partition coefficient (Wildman–Crippen LogP) is 10.4. The normalized spacial score (nSPS) is 10.9. The SMILES string of the molecule is c1ccc(C[n+]2c(-c3ccccc3)c(-c3ccccc3)c(-c3ccccc3)c(-c3ccccc3)c2-c2ccccc2)cc1. The van der Waals surface area contributed by atoms with E-state index < -0.39 is 0 Å². The van der Waals surface area contributed by atoms with Crippen LogP contribution in [-0.4, -0.2) is 0 Å². The first-order chi connectivity index (χ1) is 21.4. The van der Waals surface area contributed by atoms with Crippen LogP contribution in [0.4, 0.5) is 0 Å². The lowest BCUT2D eigenvalue weighted by Gasteiger charge is -2.23. The molecule has 0 unspecified atom stereocenters. The van der Waals surface area contributed by atoms with Crippen molar-refractivity contribution in [2.45, 2.75) is 6.54 Å². The molecule has 204 valence electrons. The van der Waals surface area contributed by atoms with Gasteiger partial charge in [0.2, 0.25) is 11.4 Å². The second-order valence-electron chi connectivity index (χ2n) is 10.7. The van der Waals surface area contributed by atoms with Gasteiger partial charge in [-0.15, -0.1) is 0 Å². The summed E-state index contributed by atoms with van der Waals surface area (Å²) >= 11 is 0. The Hall–Kier alpha value is -5.53. The van der Waals surface area contributed by atoms with Crippen LogP contribution in [0.25, 0.3) is 55.9 Å². The number of benzene rings is 6. The van der Waals surface area contributed by atoms with Crippen LogP contribution in [0, 0.1) is 0 Å². The Balaban J connectivity index is 1.76. The summed E-state index contributed by atoms with van der Waals surface area (Å²) < 4.78 is 2.55. The summed E-state index contributed by atoms with van der Waals surface area (Å²) in [6, 6.07) is 65.2. The molecule has 0 radical (unpaired) electrons. The van der Waals surface area contributed by atoms with Crippen LogP contribution in [0.15, 0.2) is 182 Å². The summed E-state index contributed by atoms with van der Waals surface area (Å²) in [6.07, 6.45) is 0. The third kappa shape index (κ3) is 5.29. The van der Waals surface area contributed by atoms with Crippen LogP contribution in [0.3, 0.4) is 0 Å². The van der Waals surface area contributed by atoms with Gasteiger partial charge < -0.3 is 0 Å². The quantitative estimate of drug-likeness (QED) is 0.174. The molecule has 0 saturated carbocycles. The number of aromatic nitrogens is 1. The van der Waals surface area contributed by atoms with Gasteiger partial charge >= 0.3 is 0 Å². The molecule has 1 heteroatoms. The summed E-state index contributed by atoms with van der Waals surface area (Å²) in [5.74, 6) is 0. The van der Waals surface area contributed by atoms with Gasteiger partial charge in [-0.2, -0.15) is 4.57 Å². The second kappa shape index (κ2) is 12.1. The van der Waals surface area contributed by atoms with E-state index in [1.807, 2.05) is 0 Å². The number of hydrogen-bond acceptors (Lipinski definition) is 0. The lowest BCUT2D eigenvalue weighted by atomic mass is 9.82. The van der Waals surface area contributed by atoms with Crippen molar-refractivity contribution >= 4 is 0 Å². The van der Waals surface area contributed by atoms with Gasteiger partial charge in [0.15, 0.2) is 6.54 Å². The standard InChI is InChI=1S/C42H32N/c1-7-19-32(20-8-1)31-43-41(36-27-15-5-16-28-36)39(34-23-11-3-12-24-34)38(33-21-9-2-10-22-33)40(35-25-13-4-14-26-35)42(43)37-29-17-6-18-30-37/h1-30H,31H2/q+1. The average molecular weight is 551 g/mol. The van der Waals surface area contributed by atoms with E-state index in [9.17, 15) is 0 Å². The molecular formula is C42H32N+. The molecule has 43 heavy (non-hydrogen) atoms. The predicted molar refractivity (Wildman–Crippen MR) is 179 cm³/mol. The van der Waals surface area contributed by atoms with Gasteiger partial charge in [0, 0.05) is 22.3 Å². The largest absolute Gasteiger partial charge is 0.221 e. The molecule has 0 aliphatic carbocycles. The summed E-state index contributed by atoms with van der Waals surface area (Å²) in [6.45, 7) is 0.726. The third-order valence-corrected chi connectivity index (χ3v) is 7.98. The van der Waals surface area contributed by atoms with Gasteiger partial charge in [-0.05, 0) is 41.0 Å². The fraction of sp³-hybridized carbons (Fsp3) is 0.0238. The molecule has 7 rings (SSSR count). The van der Waals surface area contributed by atoms with Gasteiger partial charge in [-0.1, -0.05) is 158 Å². The maximum absolute atomic E-state index is 2.55. The Labute approximate surface area is 254 Å². The fourth-order valence-electron chi connectivity index (χ4n) is 6.13. The highest BCUT2D eigenvalue weighted by atomic mass is 15.0. The van der Waals surface area contributed by atoms with Gasteiger partial charge in [-0.25, -0.2) is 0 Å². The van der Waals surface area contributed by atoms with E-state index in [-0.39, 0.29) is 0 Å². The van der Waals surface area contributed by atoms with E-state index in [1.54, 1.807) is 0 Å². The second-order valence-corrected chi connectivity index (χ2v) is 10.7. The Kier molecular flexibility index (Phi) is 7.45. The van der Waals surface area contributed by atoms with Crippen molar-refractivity contribution in [2.24, 2.45) is 0 Å². The van der Waals surface area contributed by atoms with Gasteiger partial charge in [-0.3, -0.25) is 0 Å². The average Bonchev–Trinajstić information content (AvgIpc) is 3.10. The minimum atomic E-state index is 0.726. The molecule has 0 spiro atoms. The van der Waals surface area contributed by atoms with E-state index >= 15 is 0 Å². The summed E-state index contributed by atoms with van der Waals surface area (Å²) in [7, 11) is 0. The zero-order chi connectivity index (χ0) is 28.8. The Bertz CT molecular complexity index is 1830. The Morgan fingerprint density at radius 3 is 0.907 bits per heavy atom. The Morgan fingerprint density at radius 2 is 0.558 bits per heavy atom. The zero-order valence-corrected chi connectivity index (χ0v) is 24.0. The fourth-order valence-corrected chi connectivity index (χ4v) is 6.13. The molecule has 6 aromatic carbocycles. The zero-order valence-electron chi connectivity index (χ0n) is 24.0. The topological polar surface area (TPSA) is 3.88 Å². The molecule has 7 aromatic rings. The molecule has 1 nitrogen and oxygen atoms in total. The van der Waals surface area contributed by atoms with Crippen LogP contribution >= 0.6 is 0 Å². The number of nitrogens with zero attached hydrogens (tertiary/aromatic N) is 1. The van der Waals surface area contributed by atoms with E-state index in [1.165, 1.54) is 61.5 Å². The van der Waals surface area contributed by atoms with Gasteiger partial charge in [0.1, 0.15) is 0 Å². The number of pyridine rings is 1. The first-order valence-corrected chi connectivity index (χ1v) is 14.8. The van der Waals surface area contributed by atoms with Crippen molar-refractivity contribution in [3.05, 3.63) is 188 Å². The van der Waals surface area contributed by atoms with Crippen LogP contribution in [0.2, 0.25) is 0 Å². The molecule has 0 aliphatic rings. The highest BCUT2D eigenvalue weighted by Gasteiger charge is 2.34. The minimum Gasteiger partial charge on any atom is -0.186 e. The van der Waals surface area contributed by atoms with Crippen LogP contribution < -0.4 is 4.57 Å². The molecule has 1 heterocycles. The maximum atomic E-state index is 2.55. The van der Waals surface area contributed by atoms with Gasteiger partial charge in [0.25, 0.3) is 0 Å². The van der Waals surface area contributed by atoms with Crippen molar-refractivity contribution in [1.82, 2.24) is 0 Å². The Morgan fingerprint density at radius 1 is 0.279 bits per heavy atom. The minimum absolute atomic E-state index is 0.726. The third-order valence-electron chi connectivity index (χ3n) is 7.98. The van der Waals surface area contributed by atoms with Crippen molar-refractivity contribution < 1.29 is 4.57 Å². The van der Waals surface area contributed by atoms with E-state index in [0.29, 0.717) is 0 Å². The molecule has 0 aliphatic heterocycles. The molecule has 0 atom stereocenters. The highest BCUT2D eigenvalue weighted by molar-refractivity contribution is 6.03. The highest BCUT2D eigenvalue weighted by Crippen LogP contribution is 2.47. The lowest BCUT2D eigenvalue weighted by Crippen LogP contribution is -2.41. The first-order valence-electron chi connectivity index (χ1n) is 14.8. The van der Waals surface area contributed by atoms with Crippen LogP contribution in [0.1, 0.15) is 5.56 Å². The number of rotatable bonds is 7. The molecule has 0 bridgehead atoms. The van der Waals surface area contributed by atoms with Crippen molar-refractivity contribution in [3.63, 3.8) is 0 Å². The molecule has 0 saturated heterocycles. The van der Waals surface area contributed by atoms with Gasteiger partial charge in [0.05, 0.1) is 11.1 Å². The van der Waals surface area contributed by atoms with Crippen molar-refractivity contribution in [1.29, 1.82) is 0 Å².